The lowest BCUT2D eigenvalue weighted by molar-refractivity contribution is 0.176. The summed E-state index contributed by atoms with van der Waals surface area (Å²) in [4.78, 5) is 10.2. The maximum Gasteiger partial charge on any atom is 0.246 e. The largest absolute Gasteiger partial charge is 0.470 e. The van der Waals surface area contributed by atoms with E-state index in [0.717, 1.165) is 5.56 Å². The maximum atomic E-state index is 12.5. The van der Waals surface area contributed by atoms with Crippen molar-refractivity contribution in [1.82, 2.24) is 19.6 Å². The number of hydrogen-bond donors (Lipinski definition) is 1. The molecule has 126 valence electrons. The summed E-state index contributed by atoms with van der Waals surface area (Å²) in [5.74, 6) is 0.154. The van der Waals surface area contributed by atoms with Crippen LogP contribution in [0.4, 0.5) is 0 Å². The van der Waals surface area contributed by atoms with E-state index in [9.17, 15) is 8.42 Å². The van der Waals surface area contributed by atoms with E-state index in [1.54, 1.807) is 18.5 Å². The summed E-state index contributed by atoms with van der Waals surface area (Å²) in [6.07, 6.45) is 4.52. The third-order valence-corrected chi connectivity index (χ3v) is 6.03. The van der Waals surface area contributed by atoms with Crippen molar-refractivity contribution in [2.75, 3.05) is 13.1 Å². The Kier molecular flexibility index (Phi) is 3.92. The van der Waals surface area contributed by atoms with Gasteiger partial charge < -0.3 is 4.74 Å². The van der Waals surface area contributed by atoms with Crippen LogP contribution in [0.2, 0.25) is 5.02 Å². The second-order valence-corrected chi connectivity index (χ2v) is 7.94. The van der Waals surface area contributed by atoms with Crippen LogP contribution in [0.5, 0.6) is 5.88 Å². The second kappa shape index (κ2) is 5.96. The molecule has 4 rings (SSSR count). The minimum Gasteiger partial charge on any atom is -0.470 e. The van der Waals surface area contributed by atoms with Crippen LogP contribution in [0.15, 0.2) is 41.7 Å². The molecule has 0 saturated carbocycles. The van der Waals surface area contributed by atoms with Gasteiger partial charge in [-0.3, -0.25) is 9.88 Å². The average molecular weight is 367 g/mol. The molecule has 0 radical (unpaired) electrons. The number of nitrogens with one attached hydrogen (secondary N) is 1. The van der Waals surface area contributed by atoms with Crippen LogP contribution >= 0.6 is 11.6 Å². The first-order valence-corrected chi connectivity index (χ1v) is 9.34. The number of likely N-dealkylation sites (tertiary alicyclic amines) is 1. The summed E-state index contributed by atoms with van der Waals surface area (Å²) in [6.45, 7) is 1.73. The lowest BCUT2D eigenvalue weighted by Gasteiger charge is -2.17. The SMILES string of the molecule is O=S1(=O)N[C@@H]2CN(Cc3ccncc3Cl)C[C@@H]2Oc2ncccc21. The molecule has 2 atom stereocenters. The van der Waals surface area contributed by atoms with E-state index in [0.29, 0.717) is 24.7 Å². The summed E-state index contributed by atoms with van der Waals surface area (Å²) >= 11 is 6.15. The number of sulfonamides is 1. The van der Waals surface area contributed by atoms with Crippen LogP contribution in [-0.4, -0.2) is 48.5 Å². The van der Waals surface area contributed by atoms with Crippen molar-refractivity contribution in [3.8, 4) is 5.88 Å². The number of rotatable bonds is 2. The van der Waals surface area contributed by atoms with Crippen molar-refractivity contribution in [3.63, 3.8) is 0 Å². The Bertz CT molecular complexity index is 877. The molecule has 1 N–H and O–H groups in total. The first-order chi connectivity index (χ1) is 11.5. The molecule has 24 heavy (non-hydrogen) atoms. The highest BCUT2D eigenvalue weighted by Gasteiger charge is 2.41. The summed E-state index contributed by atoms with van der Waals surface area (Å²) in [7, 11) is -3.64. The normalized spacial score (nSPS) is 25.4. The highest BCUT2D eigenvalue weighted by Crippen LogP contribution is 2.29. The lowest BCUT2D eigenvalue weighted by Crippen LogP contribution is -2.42. The summed E-state index contributed by atoms with van der Waals surface area (Å²) in [5, 5.41) is 0.595. The summed E-state index contributed by atoms with van der Waals surface area (Å²) in [6, 6.07) is 4.61. The van der Waals surface area contributed by atoms with Crippen LogP contribution in [0.25, 0.3) is 0 Å². The molecule has 2 aliphatic rings. The van der Waals surface area contributed by atoms with Crippen molar-refractivity contribution in [1.29, 1.82) is 0 Å². The minimum atomic E-state index is -3.64. The Hall–Kier alpha value is -1.74. The smallest absolute Gasteiger partial charge is 0.246 e. The van der Waals surface area contributed by atoms with Crippen LogP contribution in [0, 0.1) is 0 Å². The van der Waals surface area contributed by atoms with Crippen molar-refractivity contribution >= 4 is 21.6 Å². The molecule has 2 aromatic rings. The van der Waals surface area contributed by atoms with E-state index < -0.39 is 10.0 Å². The lowest BCUT2D eigenvalue weighted by atomic mass is 10.2. The number of nitrogens with zero attached hydrogens (tertiary/aromatic N) is 3. The number of hydrogen-bond acceptors (Lipinski definition) is 6. The van der Waals surface area contributed by atoms with Gasteiger partial charge in [0.25, 0.3) is 0 Å². The second-order valence-electron chi connectivity index (χ2n) is 5.85. The first kappa shape index (κ1) is 15.8. The molecule has 2 aliphatic heterocycles. The van der Waals surface area contributed by atoms with Crippen LogP contribution in [0.3, 0.4) is 0 Å². The Morgan fingerprint density at radius 2 is 2.21 bits per heavy atom. The fourth-order valence-electron chi connectivity index (χ4n) is 3.06. The number of pyridine rings is 2. The predicted molar refractivity (Wildman–Crippen MR) is 87.3 cm³/mol. The molecule has 0 aromatic carbocycles. The van der Waals surface area contributed by atoms with Gasteiger partial charge in [-0.1, -0.05) is 11.6 Å². The average Bonchev–Trinajstić information content (AvgIpc) is 2.86. The molecule has 0 amide bonds. The van der Waals surface area contributed by atoms with Crippen molar-refractivity contribution in [3.05, 3.63) is 47.4 Å². The molecule has 0 aliphatic carbocycles. The quantitative estimate of drug-likeness (QED) is 0.855. The van der Waals surface area contributed by atoms with Crippen molar-refractivity contribution < 1.29 is 13.2 Å². The molecule has 4 heterocycles. The highest BCUT2D eigenvalue weighted by atomic mass is 35.5. The van der Waals surface area contributed by atoms with Crippen molar-refractivity contribution in [2.45, 2.75) is 23.6 Å². The number of fused-ring (bicyclic) bond motifs is 2. The number of ether oxygens (including phenoxy) is 1. The van der Waals surface area contributed by atoms with Crippen molar-refractivity contribution in [2.24, 2.45) is 0 Å². The number of aromatic nitrogens is 2. The van der Waals surface area contributed by atoms with Gasteiger partial charge in [-0.15, -0.1) is 0 Å². The number of halogens is 1. The van der Waals surface area contributed by atoms with E-state index >= 15 is 0 Å². The van der Waals surface area contributed by atoms with Gasteiger partial charge in [0.1, 0.15) is 11.0 Å². The Balaban J connectivity index is 1.57. The summed E-state index contributed by atoms with van der Waals surface area (Å²) in [5.41, 5.74) is 0.949. The van der Waals surface area contributed by atoms with E-state index in [1.165, 1.54) is 12.3 Å². The van der Waals surface area contributed by atoms with Crippen LogP contribution in [0.1, 0.15) is 5.56 Å². The van der Waals surface area contributed by atoms with E-state index in [2.05, 4.69) is 19.6 Å². The Morgan fingerprint density at radius 3 is 3.04 bits per heavy atom. The van der Waals surface area contributed by atoms with Crippen LogP contribution < -0.4 is 9.46 Å². The molecular weight excluding hydrogens is 352 g/mol. The predicted octanol–water partition coefficient (Wildman–Crippen LogP) is 1.05. The molecular formula is C15H15ClN4O3S. The summed E-state index contributed by atoms with van der Waals surface area (Å²) < 4.78 is 33.6. The zero-order valence-electron chi connectivity index (χ0n) is 12.6. The first-order valence-electron chi connectivity index (χ1n) is 7.48. The fraction of sp³-hybridized carbons (Fsp3) is 0.333. The topological polar surface area (TPSA) is 84.4 Å². The van der Waals surface area contributed by atoms with Gasteiger partial charge in [0.15, 0.2) is 0 Å². The maximum absolute atomic E-state index is 12.5. The highest BCUT2D eigenvalue weighted by molar-refractivity contribution is 7.89. The Morgan fingerprint density at radius 1 is 1.33 bits per heavy atom. The molecule has 9 heteroatoms. The Labute approximate surface area is 144 Å². The minimum absolute atomic E-state index is 0.0862. The van der Waals surface area contributed by atoms with E-state index in [1.807, 2.05) is 6.07 Å². The van der Waals surface area contributed by atoms with Gasteiger partial charge in [-0.25, -0.2) is 18.1 Å². The molecule has 1 fully saturated rings. The molecule has 0 spiro atoms. The van der Waals surface area contributed by atoms with Gasteiger partial charge in [0.2, 0.25) is 15.9 Å². The van der Waals surface area contributed by atoms with E-state index in [-0.39, 0.29) is 22.9 Å². The van der Waals surface area contributed by atoms with Gasteiger partial charge in [-0.2, -0.15) is 0 Å². The van der Waals surface area contributed by atoms with Gasteiger partial charge in [-0.05, 0) is 23.8 Å². The third kappa shape index (κ3) is 2.86. The molecule has 0 bridgehead atoms. The van der Waals surface area contributed by atoms with Gasteiger partial charge in [0.05, 0.1) is 11.1 Å². The van der Waals surface area contributed by atoms with E-state index in [4.69, 9.17) is 16.3 Å². The fourth-order valence-corrected chi connectivity index (χ4v) is 4.58. The van der Waals surface area contributed by atoms with Gasteiger partial charge in [0, 0.05) is 38.2 Å². The zero-order chi connectivity index (χ0) is 16.7. The zero-order valence-corrected chi connectivity index (χ0v) is 14.2. The monoisotopic (exact) mass is 366 g/mol. The third-order valence-electron chi connectivity index (χ3n) is 4.19. The molecule has 2 aromatic heterocycles. The van der Waals surface area contributed by atoms with Gasteiger partial charge >= 0.3 is 0 Å². The molecule has 7 nitrogen and oxygen atoms in total. The molecule has 1 saturated heterocycles. The van der Waals surface area contributed by atoms with Crippen LogP contribution in [-0.2, 0) is 16.6 Å². The standard InChI is InChI=1S/C15H15ClN4O3S/c16-11-6-17-5-3-10(11)7-20-8-12-13(9-20)23-15-14(2-1-4-18-15)24(21,22)19-12/h1-6,12-13,19H,7-9H2/t12-,13+/m1/s1. The molecule has 0 unspecified atom stereocenters.